The van der Waals surface area contributed by atoms with Crippen molar-refractivity contribution in [3.05, 3.63) is 84.3 Å². The van der Waals surface area contributed by atoms with E-state index in [1.807, 2.05) is 24.3 Å². The summed E-state index contributed by atoms with van der Waals surface area (Å²) in [4.78, 5) is 16.3. The van der Waals surface area contributed by atoms with Gasteiger partial charge in [-0.05, 0) is 41.1 Å². The van der Waals surface area contributed by atoms with Gasteiger partial charge in [0.15, 0.2) is 0 Å². The van der Waals surface area contributed by atoms with Crippen molar-refractivity contribution in [3.8, 4) is 0 Å². The predicted octanol–water partition coefficient (Wildman–Crippen LogP) is 3.94. The third-order valence-electron chi connectivity index (χ3n) is 4.84. The van der Waals surface area contributed by atoms with E-state index in [9.17, 15) is 17.6 Å². The Morgan fingerprint density at radius 3 is 2.65 bits per heavy atom. The van der Waals surface area contributed by atoms with Crippen LogP contribution in [0.1, 0.15) is 12.0 Å². The van der Waals surface area contributed by atoms with Gasteiger partial charge >= 0.3 is 5.97 Å². The molecule has 0 radical (unpaired) electrons. The van der Waals surface area contributed by atoms with E-state index in [0.717, 1.165) is 10.8 Å². The van der Waals surface area contributed by atoms with E-state index >= 15 is 0 Å². The molecule has 4 rings (SSSR count). The molecule has 0 unspecified atom stereocenters. The first kappa shape index (κ1) is 20.9. The Hall–Kier alpha value is -3.36. The number of nitrogens with zero attached hydrogens (tertiary/aromatic N) is 1. The number of carbonyl (C=O) groups is 1. The van der Waals surface area contributed by atoms with Gasteiger partial charge in [-0.2, -0.15) is 0 Å². The minimum atomic E-state index is -3.76. The van der Waals surface area contributed by atoms with Crippen molar-refractivity contribution in [2.75, 3.05) is 6.54 Å². The minimum Gasteiger partial charge on any atom is -0.461 e. The van der Waals surface area contributed by atoms with Crippen molar-refractivity contribution >= 4 is 37.7 Å². The highest BCUT2D eigenvalue weighted by molar-refractivity contribution is 7.89. The molecule has 0 aliphatic rings. The molecule has 0 fully saturated rings. The monoisotopic (exact) mass is 438 g/mol. The molecule has 4 aromatic rings. The van der Waals surface area contributed by atoms with Gasteiger partial charge in [0.25, 0.3) is 0 Å². The Labute approximate surface area is 178 Å². The average molecular weight is 438 g/mol. The van der Waals surface area contributed by atoms with E-state index in [1.165, 1.54) is 24.4 Å². The van der Waals surface area contributed by atoms with E-state index in [2.05, 4.69) is 9.71 Å². The summed E-state index contributed by atoms with van der Waals surface area (Å²) in [5, 5.41) is 2.09. The summed E-state index contributed by atoms with van der Waals surface area (Å²) >= 11 is 0. The van der Waals surface area contributed by atoms with Crippen molar-refractivity contribution in [3.63, 3.8) is 0 Å². The molecule has 31 heavy (non-hydrogen) atoms. The van der Waals surface area contributed by atoms with Crippen molar-refractivity contribution in [1.82, 2.24) is 9.71 Å². The van der Waals surface area contributed by atoms with Gasteiger partial charge in [-0.25, -0.2) is 17.5 Å². The molecule has 0 spiro atoms. The minimum absolute atomic E-state index is 0.0793. The zero-order chi connectivity index (χ0) is 21.8. The van der Waals surface area contributed by atoms with Crippen molar-refractivity contribution in [1.29, 1.82) is 0 Å². The number of halogens is 1. The maximum absolute atomic E-state index is 13.9. The number of esters is 1. The summed E-state index contributed by atoms with van der Waals surface area (Å²) in [6, 6.07) is 18.3. The Balaban J connectivity index is 1.34. The number of benzene rings is 3. The van der Waals surface area contributed by atoms with Gasteiger partial charge < -0.3 is 4.74 Å². The first-order valence-electron chi connectivity index (χ1n) is 9.60. The molecule has 0 aliphatic heterocycles. The van der Waals surface area contributed by atoms with Gasteiger partial charge in [0.2, 0.25) is 10.0 Å². The van der Waals surface area contributed by atoms with Gasteiger partial charge in [0.1, 0.15) is 12.4 Å². The van der Waals surface area contributed by atoms with Crippen LogP contribution in [0.2, 0.25) is 0 Å². The molecule has 1 aromatic heterocycles. The summed E-state index contributed by atoms with van der Waals surface area (Å²) in [6.45, 7) is -0.180. The predicted molar refractivity (Wildman–Crippen MR) is 115 cm³/mol. The van der Waals surface area contributed by atoms with E-state index in [-0.39, 0.29) is 24.5 Å². The number of ether oxygens (including phenoxy) is 1. The van der Waals surface area contributed by atoms with Gasteiger partial charge in [0.05, 0.1) is 16.8 Å². The second kappa shape index (κ2) is 8.79. The third-order valence-corrected chi connectivity index (χ3v) is 6.30. The molecular weight excluding hydrogens is 419 g/mol. The molecule has 8 heteroatoms. The largest absolute Gasteiger partial charge is 0.461 e. The first-order valence-corrected chi connectivity index (χ1v) is 11.1. The average Bonchev–Trinajstić information content (AvgIpc) is 2.78. The number of aromatic nitrogens is 1. The van der Waals surface area contributed by atoms with E-state index in [4.69, 9.17) is 4.74 Å². The molecule has 0 aliphatic carbocycles. The SMILES string of the molecule is O=C(CCNS(=O)(=O)c1ccc2ccccc2c1)OCc1ccc(F)c2cccnc12. The summed E-state index contributed by atoms with van der Waals surface area (Å²) in [7, 11) is -3.76. The number of hydrogen-bond acceptors (Lipinski definition) is 5. The number of fused-ring (bicyclic) bond motifs is 2. The van der Waals surface area contributed by atoms with Crippen LogP contribution >= 0.6 is 0 Å². The summed E-state index contributed by atoms with van der Waals surface area (Å²) in [6.07, 6.45) is 1.40. The lowest BCUT2D eigenvalue weighted by molar-refractivity contribution is -0.144. The fourth-order valence-electron chi connectivity index (χ4n) is 3.25. The van der Waals surface area contributed by atoms with Crippen LogP contribution in [0, 0.1) is 5.82 Å². The molecule has 0 atom stereocenters. The maximum Gasteiger partial charge on any atom is 0.307 e. The number of sulfonamides is 1. The molecule has 1 N–H and O–H groups in total. The number of rotatable bonds is 7. The Kier molecular flexibility index (Phi) is 5.92. The van der Waals surface area contributed by atoms with Crippen LogP contribution in [-0.4, -0.2) is 25.9 Å². The number of carbonyl (C=O) groups excluding carboxylic acids is 1. The highest BCUT2D eigenvalue weighted by atomic mass is 32.2. The molecule has 0 saturated heterocycles. The van der Waals surface area contributed by atoms with Gasteiger partial charge in [-0.15, -0.1) is 0 Å². The Morgan fingerprint density at radius 2 is 1.81 bits per heavy atom. The van der Waals surface area contributed by atoms with E-state index in [0.29, 0.717) is 16.5 Å². The van der Waals surface area contributed by atoms with Crippen molar-refractivity contribution < 1.29 is 22.3 Å². The summed E-state index contributed by atoms with van der Waals surface area (Å²) in [5.41, 5.74) is 0.995. The first-order chi connectivity index (χ1) is 14.9. The highest BCUT2D eigenvalue weighted by Crippen LogP contribution is 2.21. The molecule has 1 heterocycles. The van der Waals surface area contributed by atoms with E-state index in [1.54, 1.807) is 24.3 Å². The second-order valence-corrected chi connectivity index (χ2v) is 8.69. The quantitative estimate of drug-likeness (QED) is 0.442. The van der Waals surface area contributed by atoms with Gasteiger partial charge in [-0.1, -0.05) is 36.4 Å². The molecule has 3 aromatic carbocycles. The standard InChI is InChI=1S/C23H19FN2O4S/c24-21-10-8-18(23-20(21)6-3-12-25-23)15-30-22(27)11-13-26-31(28,29)19-9-7-16-4-1-2-5-17(16)14-19/h1-10,12,14,26H,11,13,15H2. The third kappa shape index (κ3) is 4.70. The fraction of sp³-hybridized carbons (Fsp3) is 0.130. The second-order valence-electron chi connectivity index (χ2n) is 6.92. The molecule has 6 nitrogen and oxygen atoms in total. The van der Waals surface area contributed by atoms with Crippen molar-refractivity contribution in [2.45, 2.75) is 17.9 Å². The normalized spacial score (nSPS) is 11.6. The Bertz CT molecular complexity index is 1370. The smallest absolute Gasteiger partial charge is 0.307 e. The topological polar surface area (TPSA) is 85.4 Å². The number of hydrogen-bond donors (Lipinski definition) is 1. The number of nitrogens with one attached hydrogen (secondary N) is 1. The van der Waals surface area contributed by atoms with Crippen LogP contribution in [0.5, 0.6) is 0 Å². The van der Waals surface area contributed by atoms with Crippen LogP contribution in [-0.2, 0) is 26.2 Å². The molecule has 0 amide bonds. The van der Waals surface area contributed by atoms with Crippen LogP contribution in [0.25, 0.3) is 21.7 Å². The lowest BCUT2D eigenvalue weighted by Gasteiger charge is -2.09. The maximum atomic E-state index is 13.9. The molecule has 0 bridgehead atoms. The van der Waals surface area contributed by atoms with Crippen LogP contribution in [0.15, 0.2) is 77.8 Å². The summed E-state index contributed by atoms with van der Waals surface area (Å²) < 4.78 is 46.5. The highest BCUT2D eigenvalue weighted by Gasteiger charge is 2.15. The zero-order valence-electron chi connectivity index (χ0n) is 16.4. The number of pyridine rings is 1. The lowest BCUT2D eigenvalue weighted by atomic mass is 10.1. The van der Waals surface area contributed by atoms with E-state index < -0.39 is 21.8 Å². The lowest BCUT2D eigenvalue weighted by Crippen LogP contribution is -2.26. The van der Waals surface area contributed by atoms with Crippen LogP contribution < -0.4 is 4.72 Å². The zero-order valence-corrected chi connectivity index (χ0v) is 17.2. The van der Waals surface area contributed by atoms with Crippen molar-refractivity contribution in [2.24, 2.45) is 0 Å². The van der Waals surface area contributed by atoms with Crippen LogP contribution in [0.4, 0.5) is 4.39 Å². The van der Waals surface area contributed by atoms with Gasteiger partial charge in [0, 0.05) is 23.7 Å². The summed E-state index contributed by atoms with van der Waals surface area (Å²) in [5.74, 6) is -0.976. The fourth-order valence-corrected chi connectivity index (χ4v) is 4.32. The van der Waals surface area contributed by atoms with Crippen LogP contribution in [0.3, 0.4) is 0 Å². The van der Waals surface area contributed by atoms with Gasteiger partial charge in [-0.3, -0.25) is 9.78 Å². The molecule has 158 valence electrons. The molecule has 0 saturated carbocycles. The molecular formula is C23H19FN2O4S. The Morgan fingerprint density at radius 1 is 1.00 bits per heavy atom.